The van der Waals surface area contributed by atoms with Crippen molar-refractivity contribution in [3.8, 4) is 5.75 Å². The molecule has 29 heavy (non-hydrogen) atoms. The Morgan fingerprint density at radius 3 is 2.55 bits per heavy atom. The molecule has 1 N–H and O–H groups in total. The van der Waals surface area contributed by atoms with Crippen molar-refractivity contribution < 1.29 is 18.3 Å². The van der Waals surface area contributed by atoms with Gasteiger partial charge in [0.2, 0.25) is 5.91 Å². The second-order valence-electron chi connectivity index (χ2n) is 7.04. The Labute approximate surface area is 168 Å². The molecule has 1 aromatic heterocycles. The number of benzene rings is 2. The van der Waals surface area contributed by atoms with Gasteiger partial charge in [-0.15, -0.1) is 0 Å². The van der Waals surface area contributed by atoms with Crippen molar-refractivity contribution in [2.45, 2.75) is 33.7 Å². The minimum absolute atomic E-state index is 0.00607. The zero-order valence-electron chi connectivity index (χ0n) is 16.6. The summed E-state index contributed by atoms with van der Waals surface area (Å²) in [5, 5.41) is 6.95. The first-order valence-corrected chi connectivity index (χ1v) is 9.29. The van der Waals surface area contributed by atoms with Crippen LogP contribution < -0.4 is 10.1 Å². The van der Waals surface area contributed by atoms with Crippen molar-refractivity contribution in [2.24, 2.45) is 0 Å². The Bertz CT molecular complexity index is 1010. The molecule has 0 aliphatic heterocycles. The molecular weight excluding hydrogens is 376 g/mol. The standard InChI is InChI=1S/C22H23F2N3O2/c1-14-8-15(2)10-19(9-14)29-7-6-21(28)26-22-16(3)12-25-27(22)13-17-11-18(23)4-5-20(17)24/h4-5,8-12H,6-7,13H2,1-3H3,(H,26,28). The number of aromatic nitrogens is 2. The van der Waals surface area contributed by atoms with Crippen LogP contribution in [0.4, 0.5) is 14.6 Å². The van der Waals surface area contributed by atoms with E-state index in [1.54, 1.807) is 13.1 Å². The molecule has 1 amide bonds. The quantitative estimate of drug-likeness (QED) is 0.635. The third kappa shape index (κ3) is 5.40. The Kier molecular flexibility index (Phi) is 6.26. The Morgan fingerprint density at radius 2 is 1.83 bits per heavy atom. The Balaban J connectivity index is 1.62. The predicted octanol–water partition coefficient (Wildman–Crippen LogP) is 4.54. The summed E-state index contributed by atoms with van der Waals surface area (Å²) < 4.78 is 34.5. The highest BCUT2D eigenvalue weighted by Gasteiger charge is 2.14. The third-order valence-electron chi connectivity index (χ3n) is 4.40. The molecule has 3 aromatic rings. The summed E-state index contributed by atoms with van der Waals surface area (Å²) in [5.74, 6) is -0.139. The van der Waals surface area contributed by atoms with E-state index in [9.17, 15) is 13.6 Å². The summed E-state index contributed by atoms with van der Waals surface area (Å²) in [4.78, 5) is 12.3. The van der Waals surface area contributed by atoms with Gasteiger partial charge in [-0.25, -0.2) is 13.5 Å². The largest absolute Gasteiger partial charge is 0.493 e. The van der Waals surface area contributed by atoms with Gasteiger partial charge >= 0.3 is 0 Å². The molecule has 0 saturated carbocycles. The van der Waals surface area contributed by atoms with Gasteiger partial charge in [-0.3, -0.25) is 4.79 Å². The highest BCUT2D eigenvalue weighted by molar-refractivity contribution is 5.90. The maximum atomic E-state index is 13.9. The lowest BCUT2D eigenvalue weighted by molar-refractivity contribution is -0.116. The van der Waals surface area contributed by atoms with Crippen molar-refractivity contribution >= 4 is 11.7 Å². The van der Waals surface area contributed by atoms with Gasteiger partial charge in [0, 0.05) is 11.1 Å². The number of rotatable bonds is 7. The summed E-state index contributed by atoms with van der Waals surface area (Å²) in [6, 6.07) is 9.13. The van der Waals surface area contributed by atoms with Crippen LogP contribution in [-0.4, -0.2) is 22.3 Å². The summed E-state index contributed by atoms with van der Waals surface area (Å²) in [5.41, 5.74) is 3.06. The molecule has 0 bridgehead atoms. The molecule has 0 saturated heterocycles. The summed E-state index contributed by atoms with van der Waals surface area (Å²) in [6.45, 7) is 5.98. The smallest absolute Gasteiger partial charge is 0.228 e. The molecule has 0 unspecified atom stereocenters. The minimum atomic E-state index is -0.529. The average molecular weight is 399 g/mol. The van der Waals surface area contributed by atoms with Crippen molar-refractivity contribution in [3.05, 3.63) is 76.5 Å². The molecule has 0 atom stereocenters. The van der Waals surface area contributed by atoms with E-state index in [-0.39, 0.29) is 31.0 Å². The topological polar surface area (TPSA) is 56.1 Å². The van der Waals surface area contributed by atoms with Gasteiger partial charge < -0.3 is 10.1 Å². The van der Waals surface area contributed by atoms with Crippen LogP contribution in [0.3, 0.4) is 0 Å². The molecule has 3 rings (SSSR count). The van der Waals surface area contributed by atoms with Crippen LogP contribution >= 0.6 is 0 Å². The van der Waals surface area contributed by atoms with Crippen molar-refractivity contribution in [1.29, 1.82) is 0 Å². The summed E-state index contributed by atoms with van der Waals surface area (Å²) in [6.07, 6.45) is 1.71. The number of amides is 1. The monoisotopic (exact) mass is 399 g/mol. The number of carbonyl (C=O) groups excluding carboxylic acids is 1. The maximum Gasteiger partial charge on any atom is 0.228 e. The lowest BCUT2D eigenvalue weighted by Crippen LogP contribution is -2.19. The van der Waals surface area contributed by atoms with Crippen LogP contribution in [0.2, 0.25) is 0 Å². The van der Waals surface area contributed by atoms with Crippen LogP contribution in [0.15, 0.2) is 42.6 Å². The van der Waals surface area contributed by atoms with Crippen LogP contribution in [0.5, 0.6) is 5.75 Å². The number of nitrogens with zero attached hydrogens (tertiary/aromatic N) is 2. The van der Waals surface area contributed by atoms with Gasteiger partial charge in [0.15, 0.2) is 0 Å². The molecule has 0 spiro atoms. The van der Waals surface area contributed by atoms with Crippen LogP contribution in [0, 0.1) is 32.4 Å². The molecule has 0 aliphatic rings. The van der Waals surface area contributed by atoms with Gasteiger partial charge in [0.05, 0.1) is 25.8 Å². The Hall–Kier alpha value is -3.22. The molecule has 1 heterocycles. The first kappa shape index (κ1) is 20.5. The molecule has 0 fully saturated rings. The zero-order chi connectivity index (χ0) is 21.0. The Morgan fingerprint density at radius 1 is 1.10 bits per heavy atom. The molecule has 5 nitrogen and oxygen atoms in total. The first-order chi connectivity index (χ1) is 13.8. The van der Waals surface area contributed by atoms with E-state index in [0.29, 0.717) is 5.82 Å². The summed E-state index contributed by atoms with van der Waals surface area (Å²) >= 11 is 0. The average Bonchev–Trinajstić information content (AvgIpc) is 2.97. The normalized spacial score (nSPS) is 10.8. The first-order valence-electron chi connectivity index (χ1n) is 9.29. The zero-order valence-corrected chi connectivity index (χ0v) is 16.6. The van der Waals surface area contributed by atoms with E-state index in [0.717, 1.165) is 40.6 Å². The fourth-order valence-corrected chi connectivity index (χ4v) is 3.06. The van der Waals surface area contributed by atoms with E-state index in [1.807, 2.05) is 32.0 Å². The predicted molar refractivity (Wildman–Crippen MR) is 107 cm³/mol. The number of hydrogen-bond acceptors (Lipinski definition) is 3. The van der Waals surface area contributed by atoms with E-state index in [4.69, 9.17) is 4.74 Å². The number of hydrogen-bond donors (Lipinski definition) is 1. The second kappa shape index (κ2) is 8.86. The van der Waals surface area contributed by atoms with Gasteiger partial charge in [-0.1, -0.05) is 6.07 Å². The van der Waals surface area contributed by atoms with E-state index in [2.05, 4.69) is 10.4 Å². The highest BCUT2D eigenvalue weighted by atomic mass is 19.1. The third-order valence-corrected chi connectivity index (χ3v) is 4.40. The van der Waals surface area contributed by atoms with Crippen LogP contribution in [-0.2, 0) is 11.3 Å². The van der Waals surface area contributed by atoms with Crippen molar-refractivity contribution in [2.75, 3.05) is 11.9 Å². The molecule has 0 radical (unpaired) electrons. The van der Waals surface area contributed by atoms with E-state index >= 15 is 0 Å². The van der Waals surface area contributed by atoms with Crippen LogP contribution in [0.1, 0.15) is 28.7 Å². The summed E-state index contributed by atoms with van der Waals surface area (Å²) in [7, 11) is 0. The lowest BCUT2D eigenvalue weighted by atomic mass is 10.1. The molecule has 0 aliphatic carbocycles. The minimum Gasteiger partial charge on any atom is -0.493 e. The number of nitrogens with one attached hydrogen (secondary N) is 1. The van der Waals surface area contributed by atoms with Gasteiger partial charge in [-0.05, 0) is 62.2 Å². The molecule has 7 heteroatoms. The van der Waals surface area contributed by atoms with Gasteiger partial charge in [0.25, 0.3) is 0 Å². The SMILES string of the molecule is Cc1cc(C)cc(OCCC(=O)Nc2c(C)cnn2Cc2cc(F)ccc2F)c1. The molecule has 2 aromatic carbocycles. The number of ether oxygens (including phenoxy) is 1. The number of aryl methyl sites for hydroxylation is 3. The second-order valence-corrected chi connectivity index (χ2v) is 7.04. The maximum absolute atomic E-state index is 13.9. The number of carbonyl (C=O) groups is 1. The molecule has 152 valence electrons. The highest BCUT2D eigenvalue weighted by Crippen LogP contribution is 2.19. The van der Waals surface area contributed by atoms with Gasteiger partial charge in [0.1, 0.15) is 23.2 Å². The van der Waals surface area contributed by atoms with E-state index in [1.165, 1.54) is 4.68 Å². The fraction of sp³-hybridized carbons (Fsp3) is 0.273. The van der Waals surface area contributed by atoms with Crippen molar-refractivity contribution in [1.82, 2.24) is 9.78 Å². The van der Waals surface area contributed by atoms with E-state index < -0.39 is 11.6 Å². The number of anilines is 1. The fourth-order valence-electron chi connectivity index (χ4n) is 3.06. The lowest BCUT2D eigenvalue weighted by Gasteiger charge is -2.12. The van der Waals surface area contributed by atoms with Crippen molar-refractivity contribution in [3.63, 3.8) is 0 Å². The number of halogens is 2. The van der Waals surface area contributed by atoms with Crippen LogP contribution in [0.25, 0.3) is 0 Å². The van der Waals surface area contributed by atoms with Gasteiger partial charge in [-0.2, -0.15) is 5.10 Å². The molecular formula is C22H23F2N3O2.